The number of benzene rings is 2. The standard InChI is InChI=1S/C19H20N4O2/c20-18(24)22-10-16(22)14-5-1-12(2-6-14)9-13-3-7-15(8-4-13)17-11-23(17)19(21)25/h1-8,16-17H,9-11H2,(H2,20,24)(H2,21,25). The average Bonchev–Trinajstić information content (AvgIpc) is 3.48. The van der Waals surface area contributed by atoms with E-state index in [1.165, 1.54) is 11.1 Å². The second-order valence-electron chi connectivity index (χ2n) is 6.67. The minimum atomic E-state index is -0.361. The summed E-state index contributed by atoms with van der Waals surface area (Å²) in [4.78, 5) is 25.5. The zero-order valence-corrected chi connectivity index (χ0v) is 13.8. The predicted molar refractivity (Wildman–Crippen MR) is 93.8 cm³/mol. The zero-order chi connectivity index (χ0) is 17.6. The maximum Gasteiger partial charge on any atom is 0.315 e. The number of nitrogens with two attached hydrogens (primary N) is 2. The Morgan fingerprint density at radius 2 is 1.12 bits per heavy atom. The smallest absolute Gasteiger partial charge is 0.315 e. The van der Waals surface area contributed by atoms with E-state index in [4.69, 9.17) is 11.5 Å². The summed E-state index contributed by atoms with van der Waals surface area (Å²) >= 11 is 0. The highest BCUT2D eigenvalue weighted by atomic mass is 16.2. The summed E-state index contributed by atoms with van der Waals surface area (Å²) in [5.41, 5.74) is 15.2. The van der Waals surface area contributed by atoms with Crippen LogP contribution in [0.4, 0.5) is 9.59 Å². The summed E-state index contributed by atoms with van der Waals surface area (Å²) in [6.07, 6.45) is 0.842. The molecule has 0 aliphatic carbocycles. The maximum absolute atomic E-state index is 11.1. The van der Waals surface area contributed by atoms with Crippen LogP contribution in [0.25, 0.3) is 0 Å². The first-order chi connectivity index (χ1) is 12.0. The molecule has 2 unspecified atom stereocenters. The molecule has 2 atom stereocenters. The SMILES string of the molecule is NC(=O)N1CC1c1ccc(Cc2ccc(C3CN3C(N)=O)cc2)cc1. The average molecular weight is 336 g/mol. The van der Waals surface area contributed by atoms with Crippen molar-refractivity contribution in [3.05, 3.63) is 70.8 Å². The highest BCUT2D eigenvalue weighted by molar-refractivity contribution is 5.76. The van der Waals surface area contributed by atoms with Crippen molar-refractivity contribution < 1.29 is 9.59 Å². The highest BCUT2D eigenvalue weighted by Gasteiger charge is 2.38. The van der Waals surface area contributed by atoms with Gasteiger partial charge in [-0.3, -0.25) is 0 Å². The van der Waals surface area contributed by atoms with Gasteiger partial charge in [-0.2, -0.15) is 0 Å². The lowest BCUT2D eigenvalue weighted by molar-refractivity contribution is 0.235. The lowest BCUT2D eigenvalue weighted by atomic mass is 10.0. The van der Waals surface area contributed by atoms with Gasteiger partial charge in [0.25, 0.3) is 0 Å². The fraction of sp³-hybridized carbons (Fsp3) is 0.263. The molecule has 2 heterocycles. The number of urea groups is 2. The molecule has 128 valence electrons. The zero-order valence-electron chi connectivity index (χ0n) is 13.8. The molecule has 0 bridgehead atoms. The fourth-order valence-corrected chi connectivity index (χ4v) is 3.29. The molecule has 2 aromatic rings. The summed E-state index contributed by atoms with van der Waals surface area (Å²) in [6.45, 7) is 1.42. The Balaban J connectivity index is 1.38. The van der Waals surface area contributed by atoms with Crippen LogP contribution in [0, 0.1) is 0 Å². The number of rotatable bonds is 4. The molecule has 0 aromatic heterocycles. The number of amides is 4. The van der Waals surface area contributed by atoms with Gasteiger partial charge in [0.2, 0.25) is 0 Å². The first-order valence-corrected chi connectivity index (χ1v) is 8.33. The van der Waals surface area contributed by atoms with Crippen LogP contribution in [0.15, 0.2) is 48.5 Å². The largest absolute Gasteiger partial charge is 0.351 e. The molecule has 6 nitrogen and oxygen atoms in total. The van der Waals surface area contributed by atoms with Gasteiger partial charge in [0.1, 0.15) is 0 Å². The summed E-state index contributed by atoms with van der Waals surface area (Å²) in [6, 6.07) is 16.2. The summed E-state index contributed by atoms with van der Waals surface area (Å²) in [7, 11) is 0. The van der Waals surface area contributed by atoms with Crippen LogP contribution < -0.4 is 11.5 Å². The van der Waals surface area contributed by atoms with Crippen molar-refractivity contribution in [2.24, 2.45) is 11.5 Å². The molecule has 4 N–H and O–H groups in total. The Morgan fingerprint density at radius 1 is 0.760 bits per heavy atom. The minimum absolute atomic E-state index is 0.137. The summed E-state index contributed by atoms with van der Waals surface area (Å²) < 4.78 is 0. The van der Waals surface area contributed by atoms with Crippen molar-refractivity contribution in [2.75, 3.05) is 13.1 Å². The van der Waals surface area contributed by atoms with E-state index in [0.717, 1.165) is 17.5 Å². The van der Waals surface area contributed by atoms with E-state index in [-0.39, 0.29) is 24.1 Å². The third kappa shape index (κ3) is 3.15. The van der Waals surface area contributed by atoms with E-state index in [0.29, 0.717) is 13.1 Å². The van der Waals surface area contributed by atoms with E-state index >= 15 is 0 Å². The maximum atomic E-state index is 11.1. The topological polar surface area (TPSA) is 92.2 Å². The third-order valence-corrected chi connectivity index (χ3v) is 4.93. The first kappa shape index (κ1) is 15.5. The van der Waals surface area contributed by atoms with Crippen molar-refractivity contribution in [3.8, 4) is 0 Å². The van der Waals surface area contributed by atoms with Gasteiger partial charge in [0, 0.05) is 13.1 Å². The molecule has 2 fully saturated rings. The molecule has 0 spiro atoms. The minimum Gasteiger partial charge on any atom is -0.351 e. The third-order valence-electron chi connectivity index (χ3n) is 4.93. The van der Waals surface area contributed by atoms with Crippen LogP contribution >= 0.6 is 0 Å². The van der Waals surface area contributed by atoms with Gasteiger partial charge < -0.3 is 21.3 Å². The lowest BCUT2D eigenvalue weighted by Crippen LogP contribution is -2.19. The van der Waals surface area contributed by atoms with Crippen LogP contribution in [0.5, 0.6) is 0 Å². The van der Waals surface area contributed by atoms with Gasteiger partial charge in [0.05, 0.1) is 12.1 Å². The fourth-order valence-electron chi connectivity index (χ4n) is 3.29. The highest BCUT2D eigenvalue weighted by Crippen LogP contribution is 2.35. The van der Waals surface area contributed by atoms with Gasteiger partial charge in [0.15, 0.2) is 0 Å². The van der Waals surface area contributed by atoms with E-state index in [9.17, 15) is 9.59 Å². The Kier molecular flexibility index (Phi) is 3.60. The molecule has 2 aliphatic heterocycles. The number of hydrogen-bond donors (Lipinski definition) is 2. The van der Waals surface area contributed by atoms with Crippen molar-refractivity contribution in [1.82, 2.24) is 9.80 Å². The van der Waals surface area contributed by atoms with E-state index < -0.39 is 0 Å². The Morgan fingerprint density at radius 3 is 1.40 bits per heavy atom. The predicted octanol–water partition coefficient (Wildman–Crippen LogP) is 2.15. The van der Waals surface area contributed by atoms with Crippen LogP contribution in [-0.2, 0) is 6.42 Å². The lowest BCUT2D eigenvalue weighted by Gasteiger charge is -2.06. The van der Waals surface area contributed by atoms with E-state index in [1.807, 2.05) is 0 Å². The Labute approximate surface area is 146 Å². The van der Waals surface area contributed by atoms with Gasteiger partial charge in [-0.25, -0.2) is 9.59 Å². The van der Waals surface area contributed by atoms with Crippen LogP contribution in [0.1, 0.15) is 34.3 Å². The molecular formula is C19H20N4O2. The molecule has 4 amide bonds. The monoisotopic (exact) mass is 336 g/mol. The molecule has 6 heteroatoms. The van der Waals surface area contributed by atoms with Gasteiger partial charge in [-0.05, 0) is 28.7 Å². The molecule has 4 rings (SSSR count). The molecular weight excluding hydrogens is 316 g/mol. The van der Waals surface area contributed by atoms with Crippen molar-refractivity contribution in [3.63, 3.8) is 0 Å². The van der Waals surface area contributed by atoms with Crippen LogP contribution in [0.3, 0.4) is 0 Å². The van der Waals surface area contributed by atoms with Gasteiger partial charge >= 0.3 is 12.1 Å². The molecule has 25 heavy (non-hydrogen) atoms. The van der Waals surface area contributed by atoms with Crippen molar-refractivity contribution in [1.29, 1.82) is 0 Å². The normalized spacial score (nSPS) is 21.1. The number of hydrogen-bond acceptors (Lipinski definition) is 2. The number of carbonyl (C=O) groups excluding carboxylic acids is 2. The molecule has 2 aliphatic rings. The van der Waals surface area contributed by atoms with E-state index in [1.54, 1.807) is 9.80 Å². The number of carbonyl (C=O) groups is 2. The van der Waals surface area contributed by atoms with Crippen molar-refractivity contribution in [2.45, 2.75) is 18.5 Å². The quantitative estimate of drug-likeness (QED) is 0.837. The van der Waals surface area contributed by atoms with Gasteiger partial charge in [-0.15, -0.1) is 0 Å². The molecule has 0 radical (unpaired) electrons. The Hall–Kier alpha value is -3.02. The van der Waals surface area contributed by atoms with Crippen molar-refractivity contribution >= 4 is 12.1 Å². The van der Waals surface area contributed by atoms with Crippen LogP contribution in [-0.4, -0.2) is 35.0 Å². The van der Waals surface area contributed by atoms with Gasteiger partial charge in [-0.1, -0.05) is 48.5 Å². The molecule has 2 aromatic carbocycles. The Bertz CT molecular complexity index is 747. The second kappa shape index (κ2) is 5.81. The summed E-state index contributed by atoms with van der Waals surface area (Å²) in [5.74, 6) is 0. The second-order valence-corrected chi connectivity index (χ2v) is 6.67. The number of nitrogens with zero attached hydrogens (tertiary/aromatic N) is 2. The first-order valence-electron chi connectivity index (χ1n) is 8.33. The van der Waals surface area contributed by atoms with Crippen LogP contribution in [0.2, 0.25) is 0 Å². The number of primary amides is 2. The molecule has 0 saturated carbocycles. The summed E-state index contributed by atoms with van der Waals surface area (Å²) in [5, 5.41) is 0. The van der Waals surface area contributed by atoms with E-state index in [2.05, 4.69) is 48.5 Å². The molecule has 2 saturated heterocycles.